The van der Waals surface area contributed by atoms with Gasteiger partial charge in [-0.3, -0.25) is 4.79 Å². The highest BCUT2D eigenvalue weighted by Crippen LogP contribution is 2.18. The van der Waals surface area contributed by atoms with Gasteiger partial charge in [0.2, 0.25) is 5.91 Å². The molecule has 0 aliphatic heterocycles. The quantitative estimate of drug-likeness (QED) is 0.739. The lowest BCUT2D eigenvalue weighted by molar-refractivity contribution is -0.122. The molecule has 4 nitrogen and oxygen atoms in total. The summed E-state index contributed by atoms with van der Waals surface area (Å²) >= 11 is 0. The van der Waals surface area contributed by atoms with E-state index in [0.29, 0.717) is 13.0 Å². The molecule has 90 valence electrons. The number of hydrogen-bond donors (Lipinski definition) is 3. The van der Waals surface area contributed by atoms with Crippen molar-refractivity contribution in [2.24, 2.45) is 5.73 Å². The van der Waals surface area contributed by atoms with Crippen LogP contribution in [-0.2, 0) is 11.2 Å². The fraction of sp³-hybridized carbons (Fsp3) is 0.308. The van der Waals surface area contributed by atoms with E-state index in [9.17, 15) is 4.79 Å². The molecule has 0 aliphatic carbocycles. The van der Waals surface area contributed by atoms with Crippen LogP contribution in [0.15, 0.2) is 30.5 Å². The number of nitrogens with two attached hydrogens (primary N) is 1. The standard InChI is InChI=1S/C13H17N3O/c1-2-15-13(17)11(14)7-9-8-16-12-6-4-3-5-10(9)12/h3-6,8,11,16H,2,7,14H2,1H3,(H,15,17)/t11-/m1/s1. The number of likely N-dealkylation sites (N-methyl/N-ethyl adjacent to an activating group) is 1. The van der Waals surface area contributed by atoms with Gasteiger partial charge in [0, 0.05) is 23.6 Å². The van der Waals surface area contributed by atoms with E-state index < -0.39 is 6.04 Å². The number of nitrogens with one attached hydrogen (secondary N) is 2. The summed E-state index contributed by atoms with van der Waals surface area (Å²) < 4.78 is 0. The SMILES string of the molecule is CCNC(=O)[C@H](N)Cc1c[nH]c2ccccc12. The van der Waals surface area contributed by atoms with E-state index in [2.05, 4.69) is 10.3 Å². The highest BCUT2D eigenvalue weighted by molar-refractivity contribution is 5.86. The van der Waals surface area contributed by atoms with Crippen molar-refractivity contribution in [3.8, 4) is 0 Å². The molecule has 4 N–H and O–H groups in total. The lowest BCUT2D eigenvalue weighted by Gasteiger charge is -2.10. The molecule has 1 atom stereocenters. The topological polar surface area (TPSA) is 70.9 Å². The third-order valence-corrected chi connectivity index (χ3v) is 2.80. The van der Waals surface area contributed by atoms with Crippen LogP contribution in [0.25, 0.3) is 10.9 Å². The van der Waals surface area contributed by atoms with Gasteiger partial charge in [-0.05, 0) is 25.0 Å². The van der Waals surface area contributed by atoms with Crippen molar-refractivity contribution in [1.82, 2.24) is 10.3 Å². The second-order valence-corrected chi connectivity index (χ2v) is 4.06. The molecule has 2 rings (SSSR count). The molecule has 4 heteroatoms. The van der Waals surface area contributed by atoms with Gasteiger partial charge in [0.25, 0.3) is 0 Å². The number of fused-ring (bicyclic) bond motifs is 1. The minimum Gasteiger partial charge on any atom is -0.361 e. The van der Waals surface area contributed by atoms with Gasteiger partial charge in [0.05, 0.1) is 6.04 Å². The maximum absolute atomic E-state index is 11.6. The van der Waals surface area contributed by atoms with Crippen molar-refractivity contribution < 1.29 is 4.79 Å². The van der Waals surface area contributed by atoms with Crippen molar-refractivity contribution in [2.75, 3.05) is 6.54 Å². The number of H-pyrrole nitrogens is 1. The maximum atomic E-state index is 11.6. The minimum atomic E-state index is -0.492. The van der Waals surface area contributed by atoms with Crippen LogP contribution in [0, 0.1) is 0 Å². The predicted molar refractivity (Wildman–Crippen MR) is 68.7 cm³/mol. The summed E-state index contributed by atoms with van der Waals surface area (Å²) in [7, 11) is 0. The number of aromatic nitrogens is 1. The summed E-state index contributed by atoms with van der Waals surface area (Å²) in [5.41, 5.74) is 8.02. The van der Waals surface area contributed by atoms with E-state index >= 15 is 0 Å². The van der Waals surface area contributed by atoms with Crippen LogP contribution in [0.3, 0.4) is 0 Å². The highest BCUT2D eigenvalue weighted by atomic mass is 16.2. The number of para-hydroxylation sites is 1. The highest BCUT2D eigenvalue weighted by Gasteiger charge is 2.14. The van der Waals surface area contributed by atoms with Crippen LogP contribution in [0.2, 0.25) is 0 Å². The van der Waals surface area contributed by atoms with Gasteiger partial charge >= 0.3 is 0 Å². The summed E-state index contributed by atoms with van der Waals surface area (Å²) in [5.74, 6) is -0.0993. The van der Waals surface area contributed by atoms with Crippen LogP contribution in [0.4, 0.5) is 0 Å². The Morgan fingerprint density at radius 3 is 3.00 bits per heavy atom. The first-order chi connectivity index (χ1) is 8.22. The molecule has 2 aromatic rings. The Bertz CT molecular complexity index is 518. The van der Waals surface area contributed by atoms with Gasteiger partial charge in [0.15, 0.2) is 0 Å². The first-order valence-corrected chi connectivity index (χ1v) is 5.80. The Labute approximate surface area is 100 Å². The van der Waals surface area contributed by atoms with Crippen molar-refractivity contribution in [1.29, 1.82) is 0 Å². The number of rotatable bonds is 4. The number of benzene rings is 1. The van der Waals surface area contributed by atoms with Gasteiger partial charge in [-0.25, -0.2) is 0 Å². The van der Waals surface area contributed by atoms with Crippen LogP contribution in [0.1, 0.15) is 12.5 Å². The van der Waals surface area contributed by atoms with E-state index in [1.54, 1.807) is 0 Å². The van der Waals surface area contributed by atoms with Crippen LogP contribution in [-0.4, -0.2) is 23.5 Å². The van der Waals surface area contributed by atoms with Crippen LogP contribution < -0.4 is 11.1 Å². The molecule has 0 saturated heterocycles. The average molecular weight is 231 g/mol. The maximum Gasteiger partial charge on any atom is 0.237 e. The van der Waals surface area contributed by atoms with Crippen molar-refractivity contribution in [3.63, 3.8) is 0 Å². The summed E-state index contributed by atoms with van der Waals surface area (Å²) in [6.07, 6.45) is 2.47. The Morgan fingerprint density at radius 2 is 2.24 bits per heavy atom. The molecule has 0 bridgehead atoms. The molecule has 1 aromatic carbocycles. The van der Waals surface area contributed by atoms with E-state index in [0.717, 1.165) is 16.5 Å². The summed E-state index contributed by atoms with van der Waals surface area (Å²) in [5, 5.41) is 3.86. The number of amides is 1. The molecule has 1 amide bonds. The third kappa shape index (κ3) is 2.47. The molecule has 0 spiro atoms. The molecular weight excluding hydrogens is 214 g/mol. The summed E-state index contributed by atoms with van der Waals surface area (Å²) in [4.78, 5) is 14.7. The predicted octanol–water partition coefficient (Wildman–Crippen LogP) is 1.17. The normalized spacial score (nSPS) is 12.6. The number of carbonyl (C=O) groups is 1. The largest absolute Gasteiger partial charge is 0.361 e. The monoisotopic (exact) mass is 231 g/mol. The van der Waals surface area contributed by atoms with E-state index in [-0.39, 0.29) is 5.91 Å². The summed E-state index contributed by atoms with van der Waals surface area (Å²) in [6, 6.07) is 7.51. The molecule has 0 saturated carbocycles. The van der Waals surface area contributed by atoms with Crippen molar-refractivity contribution in [3.05, 3.63) is 36.0 Å². The summed E-state index contributed by atoms with van der Waals surface area (Å²) in [6.45, 7) is 2.50. The van der Waals surface area contributed by atoms with E-state index in [1.165, 1.54) is 0 Å². The van der Waals surface area contributed by atoms with Crippen molar-refractivity contribution in [2.45, 2.75) is 19.4 Å². The minimum absolute atomic E-state index is 0.0993. The third-order valence-electron chi connectivity index (χ3n) is 2.80. The molecular formula is C13H17N3O. The molecule has 1 heterocycles. The molecule has 1 aromatic heterocycles. The molecule has 0 unspecified atom stereocenters. The molecule has 0 aliphatic rings. The Hall–Kier alpha value is -1.81. The van der Waals surface area contributed by atoms with Gasteiger partial charge in [-0.1, -0.05) is 18.2 Å². The second-order valence-electron chi connectivity index (χ2n) is 4.06. The Balaban J connectivity index is 2.16. The first-order valence-electron chi connectivity index (χ1n) is 5.80. The number of hydrogen-bond acceptors (Lipinski definition) is 2. The van der Waals surface area contributed by atoms with E-state index in [4.69, 9.17) is 5.73 Å². The average Bonchev–Trinajstić information content (AvgIpc) is 2.73. The van der Waals surface area contributed by atoms with Crippen molar-refractivity contribution >= 4 is 16.8 Å². The lowest BCUT2D eigenvalue weighted by Crippen LogP contribution is -2.41. The zero-order valence-electron chi connectivity index (χ0n) is 9.86. The molecule has 17 heavy (non-hydrogen) atoms. The molecule has 0 fully saturated rings. The van der Waals surface area contributed by atoms with Gasteiger partial charge in [0.1, 0.15) is 0 Å². The van der Waals surface area contributed by atoms with Gasteiger partial charge < -0.3 is 16.0 Å². The van der Waals surface area contributed by atoms with Gasteiger partial charge in [-0.2, -0.15) is 0 Å². The van der Waals surface area contributed by atoms with E-state index in [1.807, 2.05) is 37.4 Å². The van der Waals surface area contributed by atoms with Crippen LogP contribution in [0.5, 0.6) is 0 Å². The van der Waals surface area contributed by atoms with Gasteiger partial charge in [-0.15, -0.1) is 0 Å². The fourth-order valence-electron chi connectivity index (χ4n) is 1.94. The molecule has 0 radical (unpaired) electrons. The lowest BCUT2D eigenvalue weighted by atomic mass is 10.1. The Morgan fingerprint density at radius 1 is 1.47 bits per heavy atom. The zero-order valence-corrected chi connectivity index (χ0v) is 9.86. The first kappa shape index (κ1) is 11.7. The number of carbonyl (C=O) groups excluding carboxylic acids is 1. The zero-order chi connectivity index (χ0) is 12.3. The fourth-order valence-corrected chi connectivity index (χ4v) is 1.94. The van der Waals surface area contributed by atoms with Crippen LogP contribution >= 0.6 is 0 Å². The smallest absolute Gasteiger partial charge is 0.237 e. The second kappa shape index (κ2) is 5.01. The Kier molecular flexibility index (Phi) is 3.44. The number of aromatic amines is 1.